The molecule has 0 bridgehead atoms. The molecule has 6 heteroatoms. The van der Waals surface area contributed by atoms with E-state index in [0.29, 0.717) is 12.3 Å². The number of rotatable bonds is 6. The molecule has 144 valence electrons. The summed E-state index contributed by atoms with van der Waals surface area (Å²) in [5, 5.41) is 3.17. The van der Waals surface area contributed by atoms with E-state index in [1.165, 1.54) is 5.56 Å². The van der Waals surface area contributed by atoms with Gasteiger partial charge in [-0.1, -0.05) is 44.2 Å². The summed E-state index contributed by atoms with van der Waals surface area (Å²) >= 11 is 0. The summed E-state index contributed by atoms with van der Waals surface area (Å²) < 4.78 is 7.81. The first kappa shape index (κ1) is 18.2. The van der Waals surface area contributed by atoms with Crippen LogP contribution in [0, 0.1) is 11.3 Å². The number of carbonyl (C=O) groups excluding carboxylic acids is 1. The number of ether oxygens (including phenoxy) is 1. The van der Waals surface area contributed by atoms with Crippen LogP contribution in [0.15, 0.2) is 42.9 Å². The van der Waals surface area contributed by atoms with Crippen LogP contribution in [-0.2, 0) is 22.5 Å². The summed E-state index contributed by atoms with van der Waals surface area (Å²) in [4.78, 5) is 17.0. The predicted molar refractivity (Wildman–Crippen MR) is 103 cm³/mol. The molecule has 1 saturated carbocycles. The molecule has 2 aromatic rings. The smallest absolute Gasteiger partial charge is 0.237 e. The summed E-state index contributed by atoms with van der Waals surface area (Å²) in [5.41, 5.74) is 8.19. The number of hydrogen-bond donors (Lipinski definition) is 2. The van der Waals surface area contributed by atoms with Crippen LogP contribution in [0.4, 0.5) is 0 Å². The molecule has 0 spiro atoms. The Hall–Kier alpha value is -2.18. The second kappa shape index (κ2) is 7.09. The van der Waals surface area contributed by atoms with Crippen molar-refractivity contribution in [3.63, 3.8) is 0 Å². The number of amides is 1. The number of nitrogens with zero attached hydrogens (tertiary/aromatic N) is 2. The Morgan fingerprint density at radius 1 is 1.41 bits per heavy atom. The fourth-order valence-electron chi connectivity index (χ4n) is 4.59. The van der Waals surface area contributed by atoms with Crippen LogP contribution in [-0.4, -0.2) is 40.3 Å². The van der Waals surface area contributed by atoms with Gasteiger partial charge in [-0.3, -0.25) is 4.79 Å². The molecule has 27 heavy (non-hydrogen) atoms. The van der Waals surface area contributed by atoms with E-state index in [0.717, 1.165) is 25.3 Å². The van der Waals surface area contributed by atoms with Crippen LogP contribution in [0.2, 0.25) is 0 Å². The summed E-state index contributed by atoms with van der Waals surface area (Å²) in [6.45, 7) is 5.85. The average molecular weight is 368 g/mol. The average Bonchev–Trinajstić information content (AvgIpc) is 3.28. The number of nitrogens with two attached hydrogens (primary N) is 1. The van der Waals surface area contributed by atoms with Crippen LogP contribution in [0.3, 0.4) is 0 Å². The quantitative estimate of drug-likeness (QED) is 0.814. The van der Waals surface area contributed by atoms with Gasteiger partial charge in [0, 0.05) is 43.1 Å². The Labute approximate surface area is 160 Å². The molecule has 3 unspecified atom stereocenters. The van der Waals surface area contributed by atoms with Gasteiger partial charge in [0.05, 0.1) is 24.2 Å². The molecule has 6 nitrogen and oxygen atoms in total. The minimum absolute atomic E-state index is 0.0339. The van der Waals surface area contributed by atoms with Gasteiger partial charge >= 0.3 is 0 Å². The molecule has 0 radical (unpaired) electrons. The summed E-state index contributed by atoms with van der Waals surface area (Å²) in [7, 11) is 0. The Morgan fingerprint density at radius 2 is 2.19 bits per heavy atom. The number of aromatic nitrogens is 2. The van der Waals surface area contributed by atoms with Crippen molar-refractivity contribution in [3.8, 4) is 0 Å². The van der Waals surface area contributed by atoms with E-state index >= 15 is 0 Å². The fourth-order valence-corrected chi connectivity index (χ4v) is 4.59. The van der Waals surface area contributed by atoms with Gasteiger partial charge in [0.15, 0.2) is 0 Å². The van der Waals surface area contributed by atoms with E-state index < -0.39 is 6.04 Å². The third-order valence-corrected chi connectivity index (χ3v) is 6.06. The second-order valence-electron chi connectivity index (χ2n) is 8.39. The van der Waals surface area contributed by atoms with E-state index in [2.05, 4.69) is 36.3 Å². The topological polar surface area (TPSA) is 82.2 Å². The van der Waals surface area contributed by atoms with Crippen LogP contribution in [0.1, 0.15) is 31.5 Å². The zero-order valence-corrected chi connectivity index (χ0v) is 16.0. The maximum absolute atomic E-state index is 12.6. The number of imidazole rings is 1. The summed E-state index contributed by atoms with van der Waals surface area (Å²) in [5.74, 6) is 0.317. The Bertz CT molecular complexity index is 802. The van der Waals surface area contributed by atoms with Crippen molar-refractivity contribution < 1.29 is 9.53 Å². The zero-order valence-electron chi connectivity index (χ0n) is 16.0. The van der Waals surface area contributed by atoms with Gasteiger partial charge in [-0.15, -0.1) is 0 Å². The molecule has 4 atom stereocenters. The van der Waals surface area contributed by atoms with Gasteiger partial charge in [0.2, 0.25) is 5.91 Å². The van der Waals surface area contributed by atoms with Crippen LogP contribution in [0.5, 0.6) is 0 Å². The monoisotopic (exact) mass is 368 g/mol. The van der Waals surface area contributed by atoms with Gasteiger partial charge in [-0.05, 0) is 12.0 Å². The highest BCUT2D eigenvalue weighted by Gasteiger charge is 2.59. The first-order valence-corrected chi connectivity index (χ1v) is 9.67. The standard InChI is InChI=1S/C21H28N4O2/c1-21(2)18(16-8-9-27-19(16)21)24-20(26)17(22)10-15-12-25(13-23-15)11-14-6-4-3-5-7-14/h3-7,12-13,16-19H,8-11,22H2,1-2H3,(H,24,26)/t16?,17-,18?,19?/m0/s1. The molecule has 1 amide bonds. The molecule has 1 saturated heterocycles. The first-order chi connectivity index (χ1) is 12.9. The minimum atomic E-state index is -0.595. The maximum Gasteiger partial charge on any atom is 0.237 e. The first-order valence-electron chi connectivity index (χ1n) is 9.67. The van der Waals surface area contributed by atoms with Gasteiger partial charge in [0.1, 0.15) is 0 Å². The third kappa shape index (κ3) is 3.51. The van der Waals surface area contributed by atoms with Crippen molar-refractivity contribution in [2.75, 3.05) is 6.61 Å². The van der Waals surface area contributed by atoms with Crippen LogP contribution >= 0.6 is 0 Å². The van der Waals surface area contributed by atoms with Crippen molar-refractivity contribution in [3.05, 3.63) is 54.1 Å². The number of benzene rings is 1. The Balaban J connectivity index is 1.32. The minimum Gasteiger partial charge on any atom is -0.377 e. The maximum atomic E-state index is 12.6. The van der Waals surface area contributed by atoms with E-state index in [4.69, 9.17) is 10.5 Å². The molecular formula is C21H28N4O2. The highest BCUT2D eigenvalue weighted by atomic mass is 16.5. The van der Waals surface area contributed by atoms with Gasteiger partial charge in [0.25, 0.3) is 0 Å². The van der Waals surface area contributed by atoms with Gasteiger partial charge < -0.3 is 20.4 Å². The lowest BCUT2D eigenvalue weighted by Gasteiger charge is -2.54. The Morgan fingerprint density at radius 3 is 2.96 bits per heavy atom. The molecule has 1 aliphatic carbocycles. The molecule has 2 fully saturated rings. The van der Waals surface area contributed by atoms with E-state index in [1.807, 2.05) is 29.0 Å². The summed E-state index contributed by atoms with van der Waals surface area (Å²) in [6.07, 6.45) is 5.47. The Kier molecular flexibility index (Phi) is 4.78. The third-order valence-electron chi connectivity index (χ3n) is 6.06. The molecular weight excluding hydrogens is 340 g/mol. The second-order valence-corrected chi connectivity index (χ2v) is 8.39. The van der Waals surface area contributed by atoms with Crippen LogP contribution < -0.4 is 11.1 Å². The largest absolute Gasteiger partial charge is 0.377 e. The lowest BCUT2D eigenvalue weighted by Crippen LogP contribution is -2.68. The molecule has 1 aromatic carbocycles. The van der Waals surface area contributed by atoms with Crippen LogP contribution in [0.25, 0.3) is 0 Å². The van der Waals surface area contributed by atoms with E-state index in [9.17, 15) is 4.79 Å². The number of carbonyl (C=O) groups is 1. The van der Waals surface area contributed by atoms with Gasteiger partial charge in [-0.2, -0.15) is 0 Å². The van der Waals surface area contributed by atoms with Gasteiger partial charge in [-0.25, -0.2) is 4.98 Å². The predicted octanol–water partition coefficient (Wildman–Crippen LogP) is 1.73. The summed E-state index contributed by atoms with van der Waals surface area (Å²) in [6, 6.07) is 9.76. The zero-order chi connectivity index (χ0) is 19.0. The van der Waals surface area contributed by atoms with Crippen molar-refractivity contribution >= 4 is 5.91 Å². The van der Waals surface area contributed by atoms with Crippen molar-refractivity contribution in [2.45, 2.75) is 51.4 Å². The lowest BCUT2D eigenvalue weighted by atomic mass is 9.57. The van der Waals surface area contributed by atoms with Crippen molar-refractivity contribution in [1.82, 2.24) is 14.9 Å². The molecule has 3 N–H and O–H groups in total. The van der Waals surface area contributed by atoms with E-state index in [1.54, 1.807) is 6.33 Å². The van der Waals surface area contributed by atoms with Crippen molar-refractivity contribution in [2.24, 2.45) is 17.1 Å². The molecule has 4 rings (SSSR count). The van der Waals surface area contributed by atoms with Crippen molar-refractivity contribution in [1.29, 1.82) is 0 Å². The number of hydrogen-bond acceptors (Lipinski definition) is 4. The lowest BCUT2D eigenvalue weighted by molar-refractivity contribution is -0.138. The SMILES string of the molecule is CC1(C)C(NC(=O)[C@@H](N)Cc2cn(Cc3ccccc3)cn2)C2CCOC21. The highest BCUT2D eigenvalue weighted by molar-refractivity contribution is 5.82. The number of nitrogens with one attached hydrogen (secondary N) is 1. The molecule has 2 heterocycles. The molecule has 1 aliphatic heterocycles. The fraction of sp³-hybridized carbons (Fsp3) is 0.524. The number of fused-ring (bicyclic) bond motifs is 1. The highest BCUT2D eigenvalue weighted by Crippen LogP contribution is 2.52. The molecule has 1 aromatic heterocycles. The molecule has 2 aliphatic rings. The van der Waals surface area contributed by atoms with E-state index in [-0.39, 0.29) is 23.5 Å². The normalized spacial score (nSPS) is 26.9.